The zero-order chi connectivity index (χ0) is 13.9. The Morgan fingerprint density at radius 2 is 1.74 bits per heavy atom. The second kappa shape index (κ2) is 5.93. The molecular formula is C15H25NO3. The third-order valence-electron chi connectivity index (χ3n) is 5.03. The largest absolute Gasteiger partial charge is 0.480 e. The van der Waals surface area contributed by atoms with Gasteiger partial charge in [0.1, 0.15) is 5.54 Å². The molecule has 0 spiro atoms. The number of hydrogen-bond acceptors (Lipinski definition) is 2. The summed E-state index contributed by atoms with van der Waals surface area (Å²) in [6, 6.07) is 0. The average molecular weight is 267 g/mol. The Morgan fingerprint density at radius 3 is 2.21 bits per heavy atom. The Bertz CT molecular complexity index is 339. The third kappa shape index (κ3) is 3.10. The van der Waals surface area contributed by atoms with Crippen molar-refractivity contribution in [3.8, 4) is 0 Å². The van der Waals surface area contributed by atoms with Gasteiger partial charge in [0.15, 0.2) is 0 Å². The van der Waals surface area contributed by atoms with Crippen LogP contribution >= 0.6 is 0 Å². The van der Waals surface area contributed by atoms with E-state index in [1.54, 1.807) is 0 Å². The standard InChI is InChI=1S/C15H25NO3/c1-2-11-7-9-15(10-8-11,14(18)19)16-13(17)12-5-3-4-6-12/h11-12H,2-10H2,1H3,(H,16,17)(H,18,19). The van der Waals surface area contributed by atoms with E-state index in [4.69, 9.17) is 0 Å². The second-order valence-electron chi connectivity index (χ2n) is 6.21. The fourth-order valence-electron chi connectivity index (χ4n) is 3.50. The maximum absolute atomic E-state index is 12.2. The van der Waals surface area contributed by atoms with Crippen LogP contribution in [-0.4, -0.2) is 22.5 Å². The molecule has 2 aliphatic rings. The topological polar surface area (TPSA) is 66.4 Å². The molecule has 108 valence electrons. The van der Waals surface area contributed by atoms with Gasteiger partial charge in [-0.25, -0.2) is 4.79 Å². The number of rotatable bonds is 4. The predicted molar refractivity (Wildman–Crippen MR) is 72.7 cm³/mol. The fourth-order valence-corrected chi connectivity index (χ4v) is 3.50. The number of carbonyl (C=O) groups is 2. The van der Waals surface area contributed by atoms with Crippen LogP contribution in [0.3, 0.4) is 0 Å². The minimum Gasteiger partial charge on any atom is -0.480 e. The molecule has 0 heterocycles. The molecule has 0 saturated heterocycles. The molecule has 4 heteroatoms. The molecule has 0 radical (unpaired) electrons. The van der Waals surface area contributed by atoms with Gasteiger partial charge in [0, 0.05) is 5.92 Å². The number of nitrogens with one attached hydrogen (secondary N) is 1. The summed E-state index contributed by atoms with van der Waals surface area (Å²) in [5.41, 5.74) is -0.995. The smallest absolute Gasteiger partial charge is 0.329 e. The zero-order valence-electron chi connectivity index (χ0n) is 11.8. The molecule has 0 aromatic heterocycles. The monoisotopic (exact) mass is 267 g/mol. The van der Waals surface area contributed by atoms with E-state index in [1.807, 2.05) is 0 Å². The van der Waals surface area contributed by atoms with Crippen LogP contribution in [0.4, 0.5) is 0 Å². The summed E-state index contributed by atoms with van der Waals surface area (Å²) in [6.07, 6.45) is 8.11. The van der Waals surface area contributed by atoms with Crippen LogP contribution in [0.5, 0.6) is 0 Å². The summed E-state index contributed by atoms with van der Waals surface area (Å²) in [5.74, 6) is -0.223. The van der Waals surface area contributed by atoms with Gasteiger partial charge in [-0.1, -0.05) is 26.2 Å². The first-order valence-corrected chi connectivity index (χ1v) is 7.63. The lowest BCUT2D eigenvalue weighted by molar-refractivity contribution is -0.150. The highest BCUT2D eigenvalue weighted by atomic mass is 16.4. The number of carbonyl (C=O) groups excluding carboxylic acids is 1. The Morgan fingerprint density at radius 1 is 1.16 bits per heavy atom. The average Bonchev–Trinajstić information content (AvgIpc) is 2.93. The van der Waals surface area contributed by atoms with Crippen LogP contribution in [0.2, 0.25) is 0 Å². The van der Waals surface area contributed by atoms with E-state index >= 15 is 0 Å². The molecule has 2 saturated carbocycles. The Balaban J connectivity index is 2.00. The summed E-state index contributed by atoms with van der Waals surface area (Å²) in [5, 5.41) is 12.4. The highest BCUT2D eigenvalue weighted by Gasteiger charge is 2.43. The van der Waals surface area contributed by atoms with Crippen molar-refractivity contribution in [3.05, 3.63) is 0 Å². The second-order valence-corrected chi connectivity index (χ2v) is 6.21. The molecule has 0 bridgehead atoms. The van der Waals surface area contributed by atoms with Crippen molar-refractivity contribution in [1.82, 2.24) is 5.32 Å². The molecule has 2 rings (SSSR count). The molecule has 2 fully saturated rings. The van der Waals surface area contributed by atoms with Crippen LogP contribution in [0.25, 0.3) is 0 Å². The van der Waals surface area contributed by atoms with Gasteiger partial charge in [0.2, 0.25) is 5.91 Å². The van der Waals surface area contributed by atoms with Crippen LogP contribution in [0, 0.1) is 11.8 Å². The van der Waals surface area contributed by atoms with Gasteiger partial charge in [-0.3, -0.25) is 4.79 Å². The third-order valence-corrected chi connectivity index (χ3v) is 5.03. The number of carboxylic acids is 1. The minimum absolute atomic E-state index is 0.0325. The zero-order valence-corrected chi connectivity index (χ0v) is 11.8. The fraction of sp³-hybridized carbons (Fsp3) is 0.867. The van der Waals surface area contributed by atoms with Gasteiger partial charge in [-0.05, 0) is 44.4 Å². The lowest BCUT2D eigenvalue weighted by atomic mass is 9.75. The van der Waals surface area contributed by atoms with Crippen LogP contribution in [0.1, 0.15) is 64.7 Å². The first kappa shape index (κ1) is 14.4. The van der Waals surface area contributed by atoms with Crippen molar-refractivity contribution in [1.29, 1.82) is 0 Å². The molecule has 0 unspecified atom stereocenters. The first-order valence-electron chi connectivity index (χ1n) is 7.63. The highest BCUT2D eigenvalue weighted by Crippen LogP contribution is 2.35. The van der Waals surface area contributed by atoms with Crippen LogP contribution in [0.15, 0.2) is 0 Å². The number of amides is 1. The minimum atomic E-state index is -0.995. The molecule has 4 nitrogen and oxygen atoms in total. The van der Waals surface area contributed by atoms with E-state index in [9.17, 15) is 14.7 Å². The van der Waals surface area contributed by atoms with Crippen LogP contribution in [-0.2, 0) is 9.59 Å². The summed E-state index contributed by atoms with van der Waals surface area (Å²) < 4.78 is 0. The maximum atomic E-state index is 12.2. The van der Waals surface area contributed by atoms with Crippen molar-refractivity contribution >= 4 is 11.9 Å². The Hall–Kier alpha value is -1.06. The van der Waals surface area contributed by atoms with E-state index in [2.05, 4.69) is 12.2 Å². The number of carboxylic acid groups (broad SMARTS) is 1. The van der Waals surface area contributed by atoms with E-state index < -0.39 is 11.5 Å². The predicted octanol–water partition coefficient (Wildman–Crippen LogP) is 2.72. The van der Waals surface area contributed by atoms with Crippen molar-refractivity contribution < 1.29 is 14.7 Å². The lowest BCUT2D eigenvalue weighted by Crippen LogP contribution is -2.57. The van der Waals surface area contributed by atoms with E-state index in [0.29, 0.717) is 18.8 Å². The molecule has 19 heavy (non-hydrogen) atoms. The molecule has 0 aromatic rings. The first-order chi connectivity index (χ1) is 9.07. The van der Waals surface area contributed by atoms with Crippen molar-refractivity contribution in [2.75, 3.05) is 0 Å². The Kier molecular flexibility index (Phi) is 4.48. The van der Waals surface area contributed by atoms with Gasteiger partial charge in [0.05, 0.1) is 0 Å². The van der Waals surface area contributed by atoms with E-state index in [0.717, 1.165) is 44.9 Å². The van der Waals surface area contributed by atoms with Gasteiger partial charge < -0.3 is 10.4 Å². The SMILES string of the molecule is CCC1CCC(NC(=O)C2CCCC2)(C(=O)O)CC1. The van der Waals surface area contributed by atoms with Gasteiger partial charge in [-0.15, -0.1) is 0 Å². The molecule has 0 atom stereocenters. The molecule has 0 aliphatic heterocycles. The normalized spacial score (nSPS) is 32.2. The maximum Gasteiger partial charge on any atom is 0.329 e. The van der Waals surface area contributed by atoms with Crippen molar-refractivity contribution in [2.45, 2.75) is 70.3 Å². The molecular weight excluding hydrogens is 242 g/mol. The van der Waals surface area contributed by atoms with Crippen LogP contribution < -0.4 is 5.32 Å². The van der Waals surface area contributed by atoms with Crippen molar-refractivity contribution in [3.63, 3.8) is 0 Å². The summed E-state index contributed by atoms with van der Waals surface area (Å²) in [4.78, 5) is 23.8. The number of aliphatic carboxylic acids is 1. The molecule has 1 amide bonds. The quantitative estimate of drug-likeness (QED) is 0.823. The van der Waals surface area contributed by atoms with Gasteiger partial charge in [-0.2, -0.15) is 0 Å². The summed E-state index contributed by atoms with van der Waals surface area (Å²) in [7, 11) is 0. The van der Waals surface area contributed by atoms with E-state index in [-0.39, 0.29) is 11.8 Å². The highest BCUT2D eigenvalue weighted by molar-refractivity contribution is 5.88. The summed E-state index contributed by atoms with van der Waals surface area (Å²) >= 11 is 0. The van der Waals surface area contributed by atoms with E-state index in [1.165, 1.54) is 0 Å². The van der Waals surface area contributed by atoms with Gasteiger partial charge >= 0.3 is 5.97 Å². The lowest BCUT2D eigenvalue weighted by Gasteiger charge is -2.37. The molecule has 2 aliphatic carbocycles. The van der Waals surface area contributed by atoms with Gasteiger partial charge in [0.25, 0.3) is 0 Å². The van der Waals surface area contributed by atoms with Crippen molar-refractivity contribution in [2.24, 2.45) is 11.8 Å². The summed E-state index contributed by atoms with van der Waals surface area (Å²) in [6.45, 7) is 2.15. The molecule has 2 N–H and O–H groups in total. The Labute approximate surface area is 115 Å². The molecule has 0 aromatic carbocycles. The number of hydrogen-bond donors (Lipinski definition) is 2.